The number of carbonyl (C=O) groups excluding carboxylic acids is 2. The monoisotopic (exact) mass is 474 g/mol. The predicted molar refractivity (Wildman–Crippen MR) is 120 cm³/mol. The minimum atomic E-state index is -4.57. The van der Waals surface area contributed by atoms with Crippen molar-refractivity contribution >= 4 is 23.2 Å². The second-order valence-corrected chi connectivity index (χ2v) is 8.10. The highest BCUT2D eigenvalue weighted by Gasteiger charge is 2.34. The lowest BCUT2D eigenvalue weighted by Gasteiger charge is -2.29. The quantitative estimate of drug-likeness (QED) is 0.697. The summed E-state index contributed by atoms with van der Waals surface area (Å²) in [5.74, 6) is -0.797. The number of nitrogens with one attached hydrogen (secondary N) is 1. The summed E-state index contributed by atoms with van der Waals surface area (Å²) in [6.07, 6.45) is -4.32. The molecule has 0 aliphatic carbocycles. The first kappa shape index (κ1) is 23.7. The van der Waals surface area contributed by atoms with Crippen molar-refractivity contribution in [2.75, 3.05) is 31.2 Å². The van der Waals surface area contributed by atoms with E-state index in [0.29, 0.717) is 32.0 Å². The zero-order valence-electron chi connectivity index (χ0n) is 18.5. The number of hydrogen-bond donors (Lipinski definition) is 1. The number of morpholine rings is 1. The largest absolute Gasteiger partial charge is 0.416 e. The molecule has 4 rings (SSSR count). The van der Waals surface area contributed by atoms with Gasteiger partial charge in [-0.15, -0.1) is 0 Å². The van der Waals surface area contributed by atoms with E-state index < -0.39 is 17.6 Å². The molecule has 2 amide bonds. The molecule has 2 aromatic carbocycles. The van der Waals surface area contributed by atoms with Crippen LogP contribution in [0, 0.1) is 0 Å². The Labute approximate surface area is 195 Å². The predicted octanol–water partition coefficient (Wildman–Crippen LogP) is 3.34. The fraction of sp³-hybridized carbons (Fsp3) is 0.375. The molecule has 180 valence electrons. The molecule has 10 heteroatoms. The van der Waals surface area contributed by atoms with Gasteiger partial charge in [-0.05, 0) is 23.3 Å². The highest BCUT2D eigenvalue weighted by atomic mass is 19.4. The van der Waals surface area contributed by atoms with Gasteiger partial charge in [0, 0.05) is 38.2 Å². The summed E-state index contributed by atoms with van der Waals surface area (Å²) in [5, 5.41) is 7.93. The van der Waals surface area contributed by atoms with Crippen molar-refractivity contribution in [2.45, 2.75) is 32.1 Å². The number of benzene rings is 2. The average Bonchev–Trinajstić information content (AvgIpc) is 2.84. The zero-order valence-corrected chi connectivity index (χ0v) is 18.5. The van der Waals surface area contributed by atoms with Crippen LogP contribution < -0.4 is 10.2 Å². The minimum absolute atomic E-state index is 0.0357. The molecule has 2 aliphatic heterocycles. The van der Waals surface area contributed by atoms with Crippen molar-refractivity contribution in [3.05, 3.63) is 65.2 Å². The number of nitrogens with zero attached hydrogens (tertiary/aromatic N) is 3. The minimum Gasteiger partial charge on any atom is -0.378 e. The molecular formula is C24H25F3N4O3. The molecule has 0 bridgehead atoms. The summed E-state index contributed by atoms with van der Waals surface area (Å²) < 4.78 is 46.5. The van der Waals surface area contributed by atoms with Gasteiger partial charge in [0.25, 0.3) is 5.91 Å². The molecule has 0 radical (unpaired) electrons. The maximum Gasteiger partial charge on any atom is 0.416 e. The zero-order chi connectivity index (χ0) is 24.1. The van der Waals surface area contributed by atoms with Gasteiger partial charge >= 0.3 is 6.18 Å². The third-order valence-electron chi connectivity index (χ3n) is 5.76. The molecule has 0 saturated carbocycles. The van der Waals surface area contributed by atoms with E-state index >= 15 is 0 Å². The van der Waals surface area contributed by atoms with E-state index in [2.05, 4.69) is 10.4 Å². The summed E-state index contributed by atoms with van der Waals surface area (Å²) in [6.45, 7) is 1.88. The second-order valence-electron chi connectivity index (χ2n) is 8.10. The summed E-state index contributed by atoms with van der Waals surface area (Å²) >= 11 is 0. The Morgan fingerprint density at radius 2 is 1.79 bits per heavy atom. The van der Waals surface area contributed by atoms with Crippen LogP contribution >= 0.6 is 0 Å². The van der Waals surface area contributed by atoms with Gasteiger partial charge in [-0.25, -0.2) is 5.01 Å². The molecule has 0 aromatic heterocycles. The number of alkyl halides is 3. The van der Waals surface area contributed by atoms with Gasteiger partial charge in [-0.2, -0.15) is 18.3 Å². The van der Waals surface area contributed by atoms with E-state index in [1.165, 1.54) is 11.1 Å². The molecule has 7 nitrogen and oxygen atoms in total. The number of hydrogen-bond acceptors (Lipinski definition) is 5. The highest BCUT2D eigenvalue weighted by Crippen LogP contribution is 2.35. The van der Waals surface area contributed by atoms with E-state index in [9.17, 15) is 22.8 Å². The average molecular weight is 474 g/mol. The number of rotatable bonds is 6. The first-order chi connectivity index (χ1) is 16.3. The van der Waals surface area contributed by atoms with Crippen LogP contribution in [-0.2, 0) is 33.6 Å². The van der Waals surface area contributed by atoms with Gasteiger partial charge in [-0.3, -0.25) is 9.59 Å². The van der Waals surface area contributed by atoms with Crippen molar-refractivity contribution in [2.24, 2.45) is 5.10 Å². The van der Waals surface area contributed by atoms with E-state index in [1.807, 2.05) is 35.2 Å². The van der Waals surface area contributed by atoms with Gasteiger partial charge in [0.1, 0.15) is 5.71 Å². The Bertz CT molecular complexity index is 1070. The van der Waals surface area contributed by atoms with Crippen LogP contribution in [0.15, 0.2) is 53.6 Å². The number of hydrazone groups is 1. The molecule has 0 atom stereocenters. The van der Waals surface area contributed by atoms with Crippen molar-refractivity contribution in [1.82, 2.24) is 10.3 Å². The van der Waals surface area contributed by atoms with Crippen molar-refractivity contribution in [3.8, 4) is 0 Å². The van der Waals surface area contributed by atoms with Gasteiger partial charge < -0.3 is 15.0 Å². The fourth-order valence-electron chi connectivity index (χ4n) is 3.92. The third-order valence-corrected chi connectivity index (χ3v) is 5.76. The Morgan fingerprint density at radius 3 is 2.50 bits per heavy atom. The van der Waals surface area contributed by atoms with Crippen LogP contribution in [0.5, 0.6) is 0 Å². The molecule has 2 aliphatic rings. The number of anilines is 1. The Morgan fingerprint density at radius 1 is 1.06 bits per heavy atom. The smallest absolute Gasteiger partial charge is 0.378 e. The maximum atomic E-state index is 13.8. The molecule has 1 N–H and O–H groups in total. The molecule has 2 aromatic rings. The fourth-order valence-corrected chi connectivity index (χ4v) is 3.92. The number of ether oxygens (including phenoxy) is 1. The van der Waals surface area contributed by atoms with E-state index in [-0.39, 0.29) is 43.1 Å². The van der Waals surface area contributed by atoms with Crippen LogP contribution in [0.4, 0.5) is 18.9 Å². The lowest BCUT2D eigenvalue weighted by atomic mass is 10.0. The molecular weight excluding hydrogens is 449 g/mol. The topological polar surface area (TPSA) is 74.2 Å². The second kappa shape index (κ2) is 10.3. The van der Waals surface area contributed by atoms with Crippen LogP contribution in [0.3, 0.4) is 0 Å². The number of carbonyl (C=O) groups is 2. The lowest BCUT2D eigenvalue weighted by Crippen LogP contribution is -2.39. The van der Waals surface area contributed by atoms with Crippen LogP contribution in [-0.4, -0.2) is 48.8 Å². The summed E-state index contributed by atoms with van der Waals surface area (Å²) in [4.78, 5) is 26.7. The first-order valence-electron chi connectivity index (χ1n) is 11.0. The summed E-state index contributed by atoms with van der Waals surface area (Å²) in [5.41, 5.74) is 0.623. The van der Waals surface area contributed by atoms with Crippen molar-refractivity contribution in [1.29, 1.82) is 0 Å². The highest BCUT2D eigenvalue weighted by molar-refractivity contribution is 6.39. The van der Waals surface area contributed by atoms with Gasteiger partial charge in [-0.1, -0.05) is 36.4 Å². The normalized spacial score (nSPS) is 16.9. The van der Waals surface area contributed by atoms with Gasteiger partial charge in [0.2, 0.25) is 5.91 Å². The van der Waals surface area contributed by atoms with E-state index in [1.54, 1.807) is 6.07 Å². The molecule has 0 spiro atoms. The Balaban J connectivity index is 1.46. The van der Waals surface area contributed by atoms with Crippen LogP contribution in [0.2, 0.25) is 0 Å². The Kier molecular flexibility index (Phi) is 7.16. The lowest BCUT2D eigenvalue weighted by molar-refractivity contribution is -0.138. The Hall–Kier alpha value is -3.40. The van der Waals surface area contributed by atoms with Gasteiger partial charge in [0.15, 0.2) is 0 Å². The molecule has 1 fully saturated rings. The SMILES string of the molecule is O=C(NCc1ccc(N2CCOCC2)cc1C(F)(F)F)C1=NN(Cc2ccccc2)C(=O)CC1. The summed E-state index contributed by atoms with van der Waals surface area (Å²) in [7, 11) is 0. The molecule has 1 saturated heterocycles. The van der Waals surface area contributed by atoms with E-state index in [0.717, 1.165) is 11.6 Å². The number of amides is 2. The summed E-state index contributed by atoms with van der Waals surface area (Å²) in [6, 6.07) is 13.3. The first-order valence-corrected chi connectivity index (χ1v) is 11.0. The standard InChI is InChI=1S/C24H25F3N4O3/c25-24(26,27)20-14-19(30-10-12-34-13-11-30)7-6-18(20)15-28-23(33)21-8-9-22(32)31(29-21)16-17-4-2-1-3-5-17/h1-7,14H,8-13,15-16H2,(H,28,33). The van der Waals surface area contributed by atoms with Crippen molar-refractivity contribution < 1.29 is 27.5 Å². The van der Waals surface area contributed by atoms with Crippen LogP contribution in [0.1, 0.15) is 29.5 Å². The third kappa shape index (κ3) is 5.74. The van der Waals surface area contributed by atoms with Crippen molar-refractivity contribution in [3.63, 3.8) is 0 Å². The molecule has 34 heavy (non-hydrogen) atoms. The molecule has 2 heterocycles. The van der Waals surface area contributed by atoms with Crippen LogP contribution in [0.25, 0.3) is 0 Å². The molecule has 0 unspecified atom stereocenters. The number of halogens is 3. The van der Waals surface area contributed by atoms with E-state index in [4.69, 9.17) is 4.74 Å². The van der Waals surface area contributed by atoms with Gasteiger partial charge in [0.05, 0.1) is 25.3 Å². The maximum absolute atomic E-state index is 13.8.